The van der Waals surface area contributed by atoms with E-state index in [4.69, 9.17) is 23.7 Å². The first kappa shape index (κ1) is 35.4. The predicted molar refractivity (Wildman–Crippen MR) is 167 cm³/mol. The summed E-state index contributed by atoms with van der Waals surface area (Å²) >= 11 is 0. The van der Waals surface area contributed by atoms with Gasteiger partial charge in [-0.25, -0.2) is 18.0 Å². The average molecular weight is 664 g/mol. The smallest absolute Gasteiger partial charge is 0.408 e. The van der Waals surface area contributed by atoms with Gasteiger partial charge in [0.15, 0.2) is 6.29 Å². The molecule has 2 saturated heterocycles. The number of benzene rings is 2. The zero-order valence-electron chi connectivity index (χ0n) is 26.9. The first-order valence-corrected chi connectivity index (χ1v) is 16.7. The Kier molecular flexibility index (Phi) is 11.9. The lowest BCUT2D eigenvalue weighted by Crippen LogP contribution is -2.56. The molecule has 0 bridgehead atoms. The molecule has 0 saturated carbocycles. The number of carbonyl (C=O) groups excluding carboxylic acids is 2. The third-order valence-corrected chi connectivity index (χ3v) is 10.0. The third-order valence-electron chi connectivity index (χ3n) is 8.20. The van der Waals surface area contributed by atoms with E-state index in [1.165, 1.54) is 27.1 Å². The zero-order chi connectivity index (χ0) is 33.5. The van der Waals surface area contributed by atoms with Crippen LogP contribution in [0.5, 0.6) is 5.75 Å². The zero-order valence-corrected chi connectivity index (χ0v) is 27.7. The number of amides is 2. The fraction of sp³-hybridized carbons (Fsp3) is 0.562. The van der Waals surface area contributed by atoms with Gasteiger partial charge in [-0.15, -0.1) is 0 Å². The quantitative estimate of drug-likeness (QED) is 0.256. The molecule has 2 heterocycles. The SMILES string of the molecule is CNC(=O)OCCC(C)(C)Cc1cc(S(=O)(=O)N(Cc2ccccc2)[C@H](NC(=O)O[C@H]2CO[C@H]3OCC[C@H]32)[C@@H](C)O)ccc1OC. The molecular formula is C32H45N3O10S. The first-order chi connectivity index (χ1) is 21.8. The molecule has 3 N–H and O–H groups in total. The molecule has 254 valence electrons. The van der Waals surface area contributed by atoms with Crippen molar-refractivity contribution in [3.63, 3.8) is 0 Å². The highest BCUT2D eigenvalue weighted by molar-refractivity contribution is 7.89. The number of alkyl carbamates (subject to hydrolysis) is 2. The summed E-state index contributed by atoms with van der Waals surface area (Å²) in [6.45, 7) is 6.07. The maximum atomic E-state index is 14.4. The highest BCUT2D eigenvalue weighted by atomic mass is 32.2. The Balaban J connectivity index is 1.62. The lowest BCUT2D eigenvalue weighted by atomic mass is 9.82. The molecule has 0 radical (unpaired) electrons. The van der Waals surface area contributed by atoms with Crippen LogP contribution >= 0.6 is 0 Å². The van der Waals surface area contributed by atoms with Gasteiger partial charge in [0.05, 0.1) is 43.8 Å². The van der Waals surface area contributed by atoms with Crippen LogP contribution in [0.1, 0.15) is 44.7 Å². The molecule has 0 spiro atoms. The molecule has 2 aliphatic heterocycles. The number of aliphatic hydroxyl groups excluding tert-OH is 1. The topological polar surface area (TPSA) is 162 Å². The van der Waals surface area contributed by atoms with Gasteiger partial charge in [-0.3, -0.25) is 0 Å². The fourth-order valence-electron chi connectivity index (χ4n) is 5.65. The Bertz CT molecular complexity index is 1440. The summed E-state index contributed by atoms with van der Waals surface area (Å²) < 4.78 is 57.4. The van der Waals surface area contributed by atoms with Crippen molar-refractivity contribution in [2.24, 2.45) is 11.3 Å². The van der Waals surface area contributed by atoms with Gasteiger partial charge in [0.2, 0.25) is 10.0 Å². The van der Waals surface area contributed by atoms with E-state index in [2.05, 4.69) is 10.6 Å². The Morgan fingerprint density at radius 1 is 1.13 bits per heavy atom. The van der Waals surface area contributed by atoms with E-state index in [1.54, 1.807) is 36.4 Å². The molecule has 2 aromatic carbocycles. The fourth-order valence-corrected chi connectivity index (χ4v) is 7.30. The molecule has 2 aliphatic rings. The van der Waals surface area contributed by atoms with Crippen molar-refractivity contribution in [3.8, 4) is 5.75 Å². The van der Waals surface area contributed by atoms with Gasteiger partial charge in [-0.1, -0.05) is 44.2 Å². The van der Waals surface area contributed by atoms with E-state index < -0.39 is 52.3 Å². The molecule has 46 heavy (non-hydrogen) atoms. The minimum absolute atomic E-state index is 0.0485. The number of hydrogen-bond donors (Lipinski definition) is 3. The molecule has 5 atom stereocenters. The van der Waals surface area contributed by atoms with Crippen LogP contribution in [0.2, 0.25) is 0 Å². The van der Waals surface area contributed by atoms with Gasteiger partial charge >= 0.3 is 12.2 Å². The minimum Gasteiger partial charge on any atom is -0.496 e. The van der Waals surface area contributed by atoms with Gasteiger partial charge in [-0.05, 0) is 60.9 Å². The van der Waals surface area contributed by atoms with Crippen molar-refractivity contribution >= 4 is 22.2 Å². The molecule has 4 rings (SSSR count). The summed E-state index contributed by atoms with van der Waals surface area (Å²) in [6.07, 6.45) is -3.49. The van der Waals surface area contributed by atoms with Crippen molar-refractivity contribution in [1.29, 1.82) is 0 Å². The van der Waals surface area contributed by atoms with Crippen molar-refractivity contribution in [2.75, 3.05) is 34.0 Å². The Morgan fingerprint density at radius 2 is 1.87 bits per heavy atom. The van der Waals surface area contributed by atoms with Crippen molar-refractivity contribution in [1.82, 2.24) is 14.9 Å². The summed E-state index contributed by atoms with van der Waals surface area (Å²) in [5.74, 6) is 0.382. The van der Waals surface area contributed by atoms with E-state index >= 15 is 0 Å². The third kappa shape index (κ3) is 8.88. The first-order valence-electron chi connectivity index (χ1n) is 15.3. The van der Waals surface area contributed by atoms with Gasteiger partial charge < -0.3 is 39.4 Å². The van der Waals surface area contributed by atoms with Crippen LogP contribution in [0, 0.1) is 11.3 Å². The highest BCUT2D eigenvalue weighted by Crippen LogP contribution is 2.35. The molecule has 2 fully saturated rings. The lowest BCUT2D eigenvalue weighted by Gasteiger charge is -2.33. The average Bonchev–Trinajstić information content (AvgIpc) is 3.64. The van der Waals surface area contributed by atoms with Gasteiger partial charge in [0.1, 0.15) is 18.0 Å². The van der Waals surface area contributed by atoms with E-state index in [1.807, 2.05) is 19.9 Å². The molecule has 2 aromatic rings. The van der Waals surface area contributed by atoms with Crippen LogP contribution in [0.3, 0.4) is 0 Å². The van der Waals surface area contributed by atoms with Crippen LogP contribution in [0.25, 0.3) is 0 Å². The second kappa shape index (κ2) is 15.4. The minimum atomic E-state index is -4.34. The molecule has 13 nitrogen and oxygen atoms in total. The van der Waals surface area contributed by atoms with E-state index in [9.17, 15) is 23.1 Å². The van der Waals surface area contributed by atoms with Crippen LogP contribution < -0.4 is 15.4 Å². The van der Waals surface area contributed by atoms with Gasteiger partial charge in [0, 0.05) is 13.6 Å². The van der Waals surface area contributed by atoms with E-state index in [0.717, 1.165) is 4.31 Å². The Hall–Kier alpha value is -3.43. The van der Waals surface area contributed by atoms with Crippen molar-refractivity contribution in [3.05, 3.63) is 59.7 Å². The predicted octanol–water partition coefficient (Wildman–Crippen LogP) is 3.40. The van der Waals surface area contributed by atoms with Crippen LogP contribution in [-0.4, -0.2) is 88.7 Å². The number of rotatable bonds is 14. The number of ether oxygens (including phenoxy) is 5. The van der Waals surface area contributed by atoms with E-state index in [-0.39, 0.29) is 30.6 Å². The number of aliphatic hydroxyl groups is 1. The molecule has 0 aliphatic carbocycles. The Labute approximate surface area is 270 Å². The van der Waals surface area contributed by atoms with Crippen molar-refractivity contribution in [2.45, 2.75) is 76.1 Å². The summed E-state index contributed by atoms with van der Waals surface area (Å²) in [5, 5.41) is 15.9. The molecular weight excluding hydrogens is 618 g/mol. The summed E-state index contributed by atoms with van der Waals surface area (Å²) in [4.78, 5) is 24.6. The summed E-state index contributed by atoms with van der Waals surface area (Å²) in [6, 6.07) is 13.5. The maximum Gasteiger partial charge on any atom is 0.408 e. The molecule has 0 aromatic heterocycles. The molecule has 0 unspecified atom stereocenters. The molecule has 14 heteroatoms. The second-order valence-electron chi connectivity index (χ2n) is 12.3. The van der Waals surface area contributed by atoms with Gasteiger partial charge in [-0.2, -0.15) is 4.31 Å². The summed E-state index contributed by atoms with van der Waals surface area (Å²) in [7, 11) is -1.35. The number of fused-ring (bicyclic) bond motifs is 1. The van der Waals surface area contributed by atoms with Crippen molar-refractivity contribution < 1.29 is 46.8 Å². The number of nitrogens with zero attached hydrogens (tertiary/aromatic N) is 1. The number of carbonyl (C=O) groups is 2. The maximum absolute atomic E-state index is 14.4. The lowest BCUT2D eigenvalue weighted by molar-refractivity contribution is -0.0907. The monoisotopic (exact) mass is 663 g/mol. The van der Waals surface area contributed by atoms with E-state index in [0.29, 0.717) is 42.7 Å². The highest BCUT2D eigenvalue weighted by Gasteiger charge is 2.44. The Morgan fingerprint density at radius 3 is 2.54 bits per heavy atom. The second-order valence-corrected chi connectivity index (χ2v) is 14.2. The largest absolute Gasteiger partial charge is 0.496 e. The number of sulfonamides is 1. The number of nitrogens with one attached hydrogen (secondary N) is 2. The normalized spacial score (nSPS) is 20.9. The van der Waals surface area contributed by atoms with Crippen LogP contribution in [0.4, 0.5) is 9.59 Å². The molecule has 2 amide bonds. The van der Waals surface area contributed by atoms with Crippen LogP contribution in [-0.2, 0) is 41.9 Å². The number of hydrogen-bond acceptors (Lipinski definition) is 10. The van der Waals surface area contributed by atoms with Crippen LogP contribution in [0.15, 0.2) is 53.4 Å². The standard InChI is InChI=1S/C32H45N3O10S/c1-21(36)28(34-31(38)45-27-20-44-29-25(27)13-15-42-29)35(19-22-9-7-6-8-10-22)46(39,40)24-11-12-26(41-5)23(17-24)18-32(2,3)14-16-43-30(37)33-4/h6-12,17,21,25,27-29,36H,13-16,18-20H2,1-5H3,(H,33,37)(H,34,38)/t21-,25+,27+,28+,29-/m1/s1. The van der Waals surface area contributed by atoms with Gasteiger partial charge in [0.25, 0.3) is 0 Å². The number of methoxy groups -OCH3 is 1. The summed E-state index contributed by atoms with van der Waals surface area (Å²) in [5.41, 5.74) is 0.880.